The molecule has 1 aromatic carbocycles. The zero-order valence-corrected chi connectivity index (χ0v) is 8.75. The third-order valence-corrected chi connectivity index (χ3v) is 1.79. The first-order valence-corrected chi connectivity index (χ1v) is 4.76. The first-order valence-electron chi connectivity index (χ1n) is 4.13. The van der Waals surface area contributed by atoms with Gasteiger partial charge in [-0.25, -0.2) is 0 Å². The van der Waals surface area contributed by atoms with E-state index in [-0.39, 0.29) is 0 Å². The fourth-order valence-electron chi connectivity index (χ4n) is 1.00. The maximum absolute atomic E-state index is 8.73. The van der Waals surface area contributed by atoms with Crippen LogP contribution in [-0.4, -0.2) is 19.5 Å². The van der Waals surface area contributed by atoms with Crippen molar-refractivity contribution in [3.05, 3.63) is 23.8 Å². The van der Waals surface area contributed by atoms with E-state index in [0.29, 0.717) is 29.4 Å². The molecule has 0 bridgehead atoms. The van der Waals surface area contributed by atoms with Crippen molar-refractivity contribution in [2.45, 2.75) is 0 Å². The third-order valence-electron chi connectivity index (χ3n) is 1.60. The van der Waals surface area contributed by atoms with Gasteiger partial charge in [-0.15, -0.1) is 0 Å². The summed E-state index contributed by atoms with van der Waals surface area (Å²) in [4.78, 5) is 0. The highest BCUT2D eigenvalue weighted by Crippen LogP contribution is 2.22. The van der Waals surface area contributed by atoms with E-state index < -0.39 is 0 Å². The van der Waals surface area contributed by atoms with Crippen molar-refractivity contribution in [3.8, 4) is 17.6 Å². The van der Waals surface area contributed by atoms with Gasteiger partial charge in [-0.1, -0.05) is 0 Å². The number of methoxy groups -OCH3 is 1. The number of ether oxygens (including phenoxy) is 2. The Balaban J connectivity index is 2.88. The second-order valence-corrected chi connectivity index (χ2v) is 3.03. The molecule has 0 N–H and O–H groups in total. The lowest BCUT2D eigenvalue weighted by atomic mass is 10.2. The zero-order valence-electron chi connectivity index (χ0n) is 7.86. The fourth-order valence-corrected chi connectivity index (χ4v) is 1.09. The highest BCUT2D eigenvalue weighted by molar-refractivity contribution is 7.80. The molecule has 0 atom stereocenters. The maximum Gasteiger partial charge on any atom is 0.124 e. The van der Waals surface area contributed by atoms with Crippen LogP contribution >= 0.6 is 12.6 Å². The minimum atomic E-state index is 0.515. The second kappa shape index (κ2) is 5.40. The van der Waals surface area contributed by atoms with Crippen LogP contribution in [0.2, 0.25) is 0 Å². The summed E-state index contributed by atoms with van der Waals surface area (Å²) in [5.74, 6) is 1.90. The molecule has 14 heavy (non-hydrogen) atoms. The summed E-state index contributed by atoms with van der Waals surface area (Å²) in [5.41, 5.74) is 0.526. The van der Waals surface area contributed by atoms with Gasteiger partial charge in [-0.05, 0) is 12.1 Å². The monoisotopic (exact) mass is 209 g/mol. The lowest BCUT2D eigenvalue weighted by Crippen LogP contribution is -1.98. The average molecular weight is 209 g/mol. The van der Waals surface area contributed by atoms with Gasteiger partial charge in [0.15, 0.2) is 0 Å². The SMILES string of the molecule is COc1cc(C#N)cc(OCCS)c1. The van der Waals surface area contributed by atoms with Gasteiger partial charge in [-0.3, -0.25) is 0 Å². The second-order valence-electron chi connectivity index (χ2n) is 2.58. The van der Waals surface area contributed by atoms with Crippen molar-refractivity contribution in [3.63, 3.8) is 0 Å². The predicted octanol–water partition coefficient (Wildman–Crippen LogP) is 1.88. The van der Waals surface area contributed by atoms with Crippen LogP contribution in [0.3, 0.4) is 0 Å². The van der Waals surface area contributed by atoms with E-state index in [1.807, 2.05) is 6.07 Å². The lowest BCUT2D eigenvalue weighted by molar-refractivity contribution is 0.340. The van der Waals surface area contributed by atoms with Crippen molar-refractivity contribution in [1.82, 2.24) is 0 Å². The van der Waals surface area contributed by atoms with Crippen LogP contribution in [-0.2, 0) is 0 Å². The van der Waals surface area contributed by atoms with Crippen LogP contribution in [0.1, 0.15) is 5.56 Å². The molecule has 0 spiro atoms. The lowest BCUT2D eigenvalue weighted by Gasteiger charge is -2.06. The van der Waals surface area contributed by atoms with Gasteiger partial charge in [0.2, 0.25) is 0 Å². The number of benzene rings is 1. The van der Waals surface area contributed by atoms with Gasteiger partial charge in [0.05, 0.1) is 25.3 Å². The van der Waals surface area contributed by atoms with Crippen LogP contribution in [0.4, 0.5) is 0 Å². The molecule has 0 amide bonds. The molecule has 0 saturated carbocycles. The van der Waals surface area contributed by atoms with E-state index in [1.165, 1.54) is 0 Å². The van der Waals surface area contributed by atoms with Crippen LogP contribution < -0.4 is 9.47 Å². The van der Waals surface area contributed by atoms with Crippen LogP contribution in [0.25, 0.3) is 0 Å². The molecule has 0 fully saturated rings. The molecule has 0 unspecified atom stereocenters. The first kappa shape index (κ1) is 10.7. The van der Waals surface area contributed by atoms with Gasteiger partial charge in [0.1, 0.15) is 11.5 Å². The molecule has 1 aromatic rings. The zero-order chi connectivity index (χ0) is 10.4. The van der Waals surface area contributed by atoms with E-state index in [1.54, 1.807) is 25.3 Å². The average Bonchev–Trinajstić information content (AvgIpc) is 2.25. The van der Waals surface area contributed by atoms with E-state index in [9.17, 15) is 0 Å². The number of hydrogen-bond acceptors (Lipinski definition) is 4. The molecule has 0 radical (unpaired) electrons. The molecule has 0 aliphatic carbocycles. The largest absolute Gasteiger partial charge is 0.497 e. The van der Waals surface area contributed by atoms with E-state index >= 15 is 0 Å². The summed E-state index contributed by atoms with van der Waals surface area (Å²) >= 11 is 4.03. The summed E-state index contributed by atoms with van der Waals surface area (Å²) in [6.45, 7) is 0.515. The highest BCUT2D eigenvalue weighted by Gasteiger charge is 2.01. The van der Waals surface area contributed by atoms with Gasteiger partial charge in [0, 0.05) is 11.8 Å². The summed E-state index contributed by atoms with van der Waals surface area (Å²) in [7, 11) is 1.55. The van der Waals surface area contributed by atoms with Gasteiger partial charge in [-0.2, -0.15) is 17.9 Å². The molecule has 3 nitrogen and oxygen atoms in total. The Morgan fingerprint density at radius 2 is 2.07 bits per heavy atom. The Labute approximate surface area is 88.7 Å². The van der Waals surface area contributed by atoms with Crippen molar-refractivity contribution in [2.24, 2.45) is 0 Å². The van der Waals surface area contributed by atoms with Crippen LogP contribution in [0.15, 0.2) is 18.2 Å². The number of rotatable bonds is 4. The normalized spacial score (nSPS) is 9.21. The van der Waals surface area contributed by atoms with Crippen LogP contribution in [0, 0.1) is 11.3 Å². The Bertz CT molecular complexity index is 346. The predicted molar refractivity (Wildman–Crippen MR) is 57.1 cm³/mol. The number of nitriles is 1. The van der Waals surface area contributed by atoms with Crippen molar-refractivity contribution in [2.75, 3.05) is 19.5 Å². The highest BCUT2D eigenvalue weighted by atomic mass is 32.1. The summed E-state index contributed by atoms with van der Waals surface area (Å²) in [6.07, 6.45) is 0. The van der Waals surface area contributed by atoms with Gasteiger partial charge in [0.25, 0.3) is 0 Å². The summed E-state index contributed by atoms with van der Waals surface area (Å²) < 4.78 is 10.4. The molecule has 0 aliphatic heterocycles. The van der Waals surface area contributed by atoms with Gasteiger partial charge >= 0.3 is 0 Å². The molecule has 0 aromatic heterocycles. The van der Waals surface area contributed by atoms with E-state index in [2.05, 4.69) is 12.6 Å². The Hall–Kier alpha value is -1.34. The summed E-state index contributed by atoms with van der Waals surface area (Å²) in [5, 5.41) is 8.73. The number of nitrogens with zero attached hydrogens (tertiary/aromatic N) is 1. The third kappa shape index (κ3) is 2.86. The number of hydrogen-bond donors (Lipinski definition) is 1. The van der Waals surface area contributed by atoms with Crippen molar-refractivity contribution in [1.29, 1.82) is 5.26 Å². The molecular formula is C10H11NO2S. The van der Waals surface area contributed by atoms with E-state index in [4.69, 9.17) is 14.7 Å². The smallest absolute Gasteiger partial charge is 0.124 e. The first-order chi connectivity index (χ1) is 6.80. The standard InChI is InChI=1S/C10H11NO2S/c1-12-9-4-8(7-11)5-10(6-9)13-2-3-14/h4-6,14H,2-3H2,1H3. The molecular weight excluding hydrogens is 198 g/mol. The quantitative estimate of drug-likeness (QED) is 0.770. The molecule has 0 aliphatic rings. The Kier molecular flexibility index (Phi) is 4.14. The molecule has 1 rings (SSSR count). The van der Waals surface area contributed by atoms with E-state index in [0.717, 1.165) is 0 Å². The maximum atomic E-state index is 8.73. The summed E-state index contributed by atoms with van der Waals surface area (Å²) in [6, 6.07) is 7.11. The van der Waals surface area contributed by atoms with Gasteiger partial charge < -0.3 is 9.47 Å². The fraction of sp³-hybridized carbons (Fsp3) is 0.300. The van der Waals surface area contributed by atoms with Crippen molar-refractivity contribution < 1.29 is 9.47 Å². The molecule has 0 saturated heterocycles. The molecule has 0 heterocycles. The minimum Gasteiger partial charge on any atom is -0.497 e. The topological polar surface area (TPSA) is 42.2 Å². The Morgan fingerprint density at radius 1 is 1.36 bits per heavy atom. The Morgan fingerprint density at radius 3 is 2.64 bits per heavy atom. The minimum absolute atomic E-state index is 0.515. The molecule has 4 heteroatoms. The van der Waals surface area contributed by atoms with Crippen LogP contribution in [0.5, 0.6) is 11.5 Å². The van der Waals surface area contributed by atoms with Crippen molar-refractivity contribution >= 4 is 12.6 Å². The molecule has 74 valence electrons. The number of thiol groups is 1.